The Morgan fingerprint density at radius 3 is 2.79 bits per heavy atom. The van der Waals surface area contributed by atoms with Crippen molar-refractivity contribution in [2.24, 2.45) is 5.41 Å². The Morgan fingerprint density at radius 2 is 2.26 bits per heavy atom. The third-order valence-corrected chi connectivity index (χ3v) is 3.89. The Kier molecular flexibility index (Phi) is 5.37. The monoisotopic (exact) mass is 281 g/mol. The van der Waals surface area contributed by atoms with Gasteiger partial charge in [0, 0.05) is 4.88 Å². The molecule has 0 amide bonds. The molecule has 0 unspecified atom stereocenters. The van der Waals surface area contributed by atoms with Gasteiger partial charge in [0.05, 0.1) is 18.1 Å². The van der Waals surface area contributed by atoms with Crippen molar-refractivity contribution in [1.82, 2.24) is 0 Å². The van der Waals surface area contributed by atoms with Gasteiger partial charge in [-0.05, 0) is 32.8 Å². The number of carboxylic acids is 1. The molecule has 1 rings (SSSR count). The zero-order valence-electron chi connectivity index (χ0n) is 11.5. The van der Waals surface area contributed by atoms with Crippen LogP contribution in [-0.2, 0) is 6.42 Å². The maximum Gasteiger partial charge on any atom is 0.349 e. The van der Waals surface area contributed by atoms with Crippen molar-refractivity contribution >= 4 is 17.3 Å². The van der Waals surface area contributed by atoms with Gasteiger partial charge >= 0.3 is 5.97 Å². The molecule has 0 atom stereocenters. The van der Waals surface area contributed by atoms with Crippen LogP contribution in [0.2, 0.25) is 0 Å². The van der Waals surface area contributed by atoms with Gasteiger partial charge in [0.2, 0.25) is 0 Å². The van der Waals surface area contributed by atoms with E-state index in [1.807, 2.05) is 13.8 Å². The van der Waals surface area contributed by atoms with Crippen molar-refractivity contribution in [3.05, 3.63) is 15.8 Å². The number of hydrogen-bond acceptors (Lipinski definition) is 4. The first kappa shape index (κ1) is 15.5. The molecule has 0 aliphatic rings. The quantitative estimate of drug-likeness (QED) is 0.827. The third kappa shape index (κ3) is 4.56. The van der Waals surface area contributed by atoms with Crippen LogP contribution in [0.4, 0.5) is 0 Å². The van der Waals surface area contributed by atoms with Crippen LogP contribution in [0.25, 0.3) is 0 Å². The minimum absolute atomic E-state index is 0.248. The zero-order chi connectivity index (χ0) is 14.5. The summed E-state index contributed by atoms with van der Waals surface area (Å²) < 4.78 is 5.54. The number of nitrogens with zero attached hydrogens (tertiary/aromatic N) is 1. The molecule has 0 aromatic carbocycles. The van der Waals surface area contributed by atoms with Gasteiger partial charge < -0.3 is 9.84 Å². The summed E-state index contributed by atoms with van der Waals surface area (Å²) in [7, 11) is 0. The summed E-state index contributed by atoms with van der Waals surface area (Å²) in [6.45, 7) is 6.08. The largest absolute Gasteiger partial charge is 0.492 e. The topological polar surface area (TPSA) is 70.3 Å². The molecule has 0 bridgehead atoms. The van der Waals surface area contributed by atoms with E-state index >= 15 is 0 Å². The van der Waals surface area contributed by atoms with Crippen molar-refractivity contribution in [1.29, 1.82) is 5.26 Å². The molecule has 0 saturated carbocycles. The van der Waals surface area contributed by atoms with Gasteiger partial charge in [-0.15, -0.1) is 11.3 Å². The molecule has 1 aromatic heterocycles. The Morgan fingerprint density at radius 1 is 1.58 bits per heavy atom. The van der Waals surface area contributed by atoms with Crippen molar-refractivity contribution < 1.29 is 14.6 Å². The van der Waals surface area contributed by atoms with Gasteiger partial charge in [-0.2, -0.15) is 5.26 Å². The summed E-state index contributed by atoms with van der Waals surface area (Å²) in [5, 5.41) is 18.0. The van der Waals surface area contributed by atoms with Gasteiger partial charge in [-0.25, -0.2) is 4.79 Å². The fraction of sp³-hybridized carbons (Fsp3) is 0.571. The van der Waals surface area contributed by atoms with Crippen LogP contribution in [-0.4, -0.2) is 17.7 Å². The molecule has 1 aromatic rings. The van der Waals surface area contributed by atoms with E-state index < -0.39 is 11.4 Å². The summed E-state index contributed by atoms with van der Waals surface area (Å²) in [6, 6.07) is 4.00. The highest BCUT2D eigenvalue weighted by Crippen LogP contribution is 2.31. The highest BCUT2D eigenvalue weighted by Gasteiger charge is 2.19. The van der Waals surface area contributed by atoms with E-state index in [1.165, 1.54) is 11.3 Å². The van der Waals surface area contributed by atoms with E-state index in [0.717, 1.165) is 17.7 Å². The molecular weight excluding hydrogens is 262 g/mol. The number of hydrogen-bond donors (Lipinski definition) is 1. The smallest absolute Gasteiger partial charge is 0.349 e. The summed E-state index contributed by atoms with van der Waals surface area (Å²) in [5.41, 5.74) is -0.453. The Balaban J connectivity index is 2.72. The van der Waals surface area contributed by atoms with Gasteiger partial charge in [-0.3, -0.25) is 0 Å². The van der Waals surface area contributed by atoms with E-state index in [-0.39, 0.29) is 4.88 Å². The van der Waals surface area contributed by atoms with Crippen LogP contribution in [0.5, 0.6) is 5.75 Å². The molecule has 1 heterocycles. The first-order chi connectivity index (χ1) is 8.89. The number of nitriles is 1. The molecule has 1 N–H and O–H groups in total. The normalized spacial score (nSPS) is 11.1. The van der Waals surface area contributed by atoms with Crippen molar-refractivity contribution in [2.75, 3.05) is 6.61 Å². The van der Waals surface area contributed by atoms with Gasteiger partial charge in [-0.1, -0.05) is 13.3 Å². The molecular formula is C14H19NO3S. The minimum Gasteiger partial charge on any atom is -0.492 e. The molecule has 104 valence electrons. The predicted molar refractivity (Wildman–Crippen MR) is 74.8 cm³/mol. The fourth-order valence-electron chi connectivity index (χ4n) is 1.52. The lowest BCUT2D eigenvalue weighted by atomic mass is 9.92. The highest BCUT2D eigenvalue weighted by atomic mass is 32.1. The summed E-state index contributed by atoms with van der Waals surface area (Å²) in [6.07, 6.45) is 2.40. The van der Waals surface area contributed by atoms with Crippen molar-refractivity contribution in [3.63, 3.8) is 0 Å². The van der Waals surface area contributed by atoms with Crippen molar-refractivity contribution in [3.8, 4) is 11.8 Å². The van der Waals surface area contributed by atoms with Crippen molar-refractivity contribution in [2.45, 2.75) is 40.0 Å². The number of aryl methyl sites for hydroxylation is 1. The zero-order valence-corrected chi connectivity index (χ0v) is 12.3. The second kappa shape index (κ2) is 6.58. The van der Waals surface area contributed by atoms with Gasteiger partial charge in [0.25, 0.3) is 0 Å². The summed E-state index contributed by atoms with van der Waals surface area (Å²) in [4.78, 5) is 12.4. The molecule has 19 heavy (non-hydrogen) atoms. The Bertz CT molecular complexity index is 485. The lowest BCUT2D eigenvalue weighted by Gasteiger charge is -2.14. The van der Waals surface area contributed by atoms with Gasteiger partial charge in [0.15, 0.2) is 4.88 Å². The first-order valence-corrected chi connectivity index (χ1v) is 7.11. The Labute approximate surface area is 117 Å². The molecule has 0 aliphatic carbocycles. The minimum atomic E-state index is -0.957. The maximum atomic E-state index is 11.1. The number of rotatable bonds is 7. The lowest BCUT2D eigenvalue weighted by molar-refractivity contribution is 0.0697. The number of aromatic carboxylic acids is 1. The fourth-order valence-corrected chi connectivity index (χ4v) is 2.56. The lowest BCUT2D eigenvalue weighted by Crippen LogP contribution is -2.13. The van der Waals surface area contributed by atoms with Crippen LogP contribution in [0.15, 0.2) is 6.07 Å². The van der Waals surface area contributed by atoms with Crippen LogP contribution < -0.4 is 4.74 Å². The molecule has 0 saturated heterocycles. The molecule has 0 aliphatic heterocycles. The van der Waals surface area contributed by atoms with Crippen LogP contribution >= 0.6 is 11.3 Å². The molecule has 0 radical (unpaired) electrons. The third-order valence-electron chi connectivity index (χ3n) is 2.73. The van der Waals surface area contributed by atoms with E-state index in [1.54, 1.807) is 6.07 Å². The van der Waals surface area contributed by atoms with Crippen LogP contribution in [0, 0.1) is 16.7 Å². The van der Waals surface area contributed by atoms with Gasteiger partial charge in [0.1, 0.15) is 5.75 Å². The highest BCUT2D eigenvalue weighted by molar-refractivity contribution is 7.14. The standard InChI is InChI=1S/C14H19NO3S/c1-4-5-10-8-11(12(19-10)13(16)17)18-7-6-14(2,3)9-15/h8H,4-7H2,1-3H3,(H,16,17). The van der Waals surface area contributed by atoms with E-state index in [9.17, 15) is 4.79 Å². The van der Waals surface area contributed by atoms with Crippen LogP contribution in [0.1, 0.15) is 48.2 Å². The first-order valence-electron chi connectivity index (χ1n) is 6.29. The molecule has 5 heteroatoms. The second-order valence-corrected chi connectivity index (χ2v) is 6.19. The number of thiophene rings is 1. The maximum absolute atomic E-state index is 11.1. The summed E-state index contributed by atoms with van der Waals surface area (Å²) >= 11 is 1.27. The average molecular weight is 281 g/mol. The number of ether oxygens (including phenoxy) is 1. The van der Waals surface area contributed by atoms with E-state index in [2.05, 4.69) is 13.0 Å². The molecule has 4 nitrogen and oxygen atoms in total. The predicted octanol–water partition coefficient (Wildman–Crippen LogP) is 3.72. The van der Waals surface area contributed by atoms with E-state index in [4.69, 9.17) is 15.1 Å². The Hall–Kier alpha value is -1.54. The summed E-state index contributed by atoms with van der Waals surface area (Å²) in [5.74, 6) is -0.531. The molecule has 0 fully saturated rings. The number of carbonyl (C=O) groups is 1. The van der Waals surface area contributed by atoms with Crippen LogP contribution in [0.3, 0.4) is 0 Å². The molecule has 0 spiro atoms. The van der Waals surface area contributed by atoms with E-state index in [0.29, 0.717) is 18.8 Å². The second-order valence-electron chi connectivity index (χ2n) is 5.06. The SMILES string of the molecule is CCCc1cc(OCCC(C)(C)C#N)c(C(=O)O)s1. The average Bonchev–Trinajstić information content (AvgIpc) is 2.73. The number of carboxylic acid groups (broad SMARTS) is 1.